The Morgan fingerprint density at radius 1 is 1.39 bits per heavy atom. The van der Waals surface area contributed by atoms with E-state index in [4.69, 9.17) is 10.8 Å². The minimum atomic E-state index is 0.00194. The highest BCUT2D eigenvalue weighted by molar-refractivity contribution is 5.77. The highest BCUT2D eigenvalue weighted by atomic mass is 16.3. The molecule has 5 heteroatoms. The molecule has 1 fully saturated rings. The van der Waals surface area contributed by atoms with Crippen LogP contribution in [0.3, 0.4) is 0 Å². The van der Waals surface area contributed by atoms with Crippen LogP contribution >= 0.6 is 0 Å². The summed E-state index contributed by atoms with van der Waals surface area (Å²) in [5, 5.41) is 12.4. The third-order valence-corrected chi connectivity index (χ3v) is 3.80. The van der Waals surface area contributed by atoms with E-state index < -0.39 is 0 Å². The zero-order valence-electron chi connectivity index (χ0n) is 11.6. The maximum absolute atomic E-state index is 12.0. The third-order valence-electron chi connectivity index (χ3n) is 3.80. The Balaban J connectivity index is 2.38. The van der Waals surface area contributed by atoms with Crippen molar-refractivity contribution in [3.63, 3.8) is 0 Å². The molecule has 3 atom stereocenters. The maximum Gasteiger partial charge on any atom is 0.224 e. The maximum atomic E-state index is 12.0. The molecule has 0 spiro atoms. The second-order valence-corrected chi connectivity index (χ2v) is 5.34. The van der Waals surface area contributed by atoms with Crippen LogP contribution in [-0.2, 0) is 4.79 Å². The molecular weight excluding hydrogens is 230 g/mol. The Morgan fingerprint density at radius 3 is 2.50 bits per heavy atom. The molecule has 0 aliphatic carbocycles. The van der Waals surface area contributed by atoms with Gasteiger partial charge in [-0.15, -0.1) is 0 Å². The van der Waals surface area contributed by atoms with Gasteiger partial charge in [0.1, 0.15) is 0 Å². The first-order valence-electron chi connectivity index (χ1n) is 6.93. The molecule has 1 amide bonds. The van der Waals surface area contributed by atoms with E-state index in [-0.39, 0.29) is 30.5 Å². The third kappa shape index (κ3) is 4.55. The van der Waals surface area contributed by atoms with Gasteiger partial charge in [-0.05, 0) is 25.7 Å². The van der Waals surface area contributed by atoms with E-state index in [2.05, 4.69) is 5.32 Å². The highest BCUT2D eigenvalue weighted by Gasteiger charge is 2.23. The van der Waals surface area contributed by atoms with Crippen molar-refractivity contribution in [2.45, 2.75) is 45.2 Å². The second kappa shape index (κ2) is 7.71. The fraction of sp³-hybridized carbons (Fsp3) is 0.923. The highest BCUT2D eigenvalue weighted by Crippen LogP contribution is 2.11. The normalized spacial score (nSPS) is 20.8. The monoisotopic (exact) mass is 257 g/mol. The fourth-order valence-corrected chi connectivity index (χ4v) is 2.21. The Hall–Kier alpha value is -0.650. The summed E-state index contributed by atoms with van der Waals surface area (Å²) in [7, 11) is 0. The summed E-state index contributed by atoms with van der Waals surface area (Å²) in [5.74, 6) is 0.361. The van der Waals surface area contributed by atoms with Crippen molar-refractivity contribution in [2.24, 2.45) is 11.7 Å². The molecule has 1 aliphatic heterocycles. The summed E-state index contributed by atoms with van der Waals surface area (Å²) >= 11 is 0. The van der Waals surface area contributed by atoms with Crippen molar-refractivity contribution in [3.05, 3.63) is 0 Å². The molecule has 0 aromatic rings. The lowest BCUT2D eigenvalue weighted by molar-refractivity contribution is -0.130. The van der Waals surface area contributed by atoms with Crippen molar-refractivity contribution >= 4 is 5.91 Å². The van der Waals surface area contributed by atoms with Crippen molar-refractivity contribution in [2.75, 3.05) is 26.2 Å². The molecule has 1 rings (SSSR count). The minimum Gasteiger partial charge on any atom is -0.396 e. The van der Waals surface area contributed by atoms with Gasteiger partial charge in [0.2, 0.25) is 5.91 Å². The van der Waals surface area contributed by atoms with E-state index in [0.29, 0.717) is 13.0 Å². The Bertz CT molecular complexity index is 255. The Kier molecular flexibility index (Phi) is 6.60. The van der Waals surface area contributed by atoms with E-state index in [1.807, 2.05) is 18.7 Å². The molecule has 0 bridgehead atoms. The minimum absolute atomic E-state index is 0.00194. The summed E-state index contributed by atoms with van der Waals surface area (Å²) in [6, 6.07) is 0.164. The molecule has 1 heterocycles. The van der Waals surface area contributed by atoms with E-state index in [1.165, 1.54) is 0 Å². The van der Waals surface area contributed by atoms with Crippen LogP contribution in [0.4, 0.5) is 0 Å². The molecule has 106 valence electrons. The predicted molar refractivity (Wildman–Crippen MR) is 72.1 cm³/mol. The number of rotatable bonds is 7. The zero-order chi connectivity index (χ0) is 13.5. The van der Waals surface area contributed by atoms with E-state index in [0.717, 1.165) is 25.9 Å². The molecule has 0 saturated carbocycles. The van der Waals surface area contributed by atoms with Crippen LogP contribution in [0.2, 0.25) is 0 Å². The smallest absolute Gasteiger partial charge is 0.224 e. The van der Waals surface area contributed by atoms with Crippen LogP contribution in [0.1, 0.15) is 33.1 Å². The number of nitrogens with one attached hydrogen (secondary N) is 1. The first-order valence-corrected chi connectivity index (χ1v) is 6.93. The van der Waals surface area contributed by atoms with Crippen molar-refractivity contribution in [1.29, 1.82) is 0 Å². The number of aliphatic hydroxyl groups is 1. The number of carbonyl (C=O) groups excluding carboxylic acids is 1. The molecule has 0 aromatic heterocycles. The van der Waals surface area contributed by atoms with Gasteiger partial charge in [-0.1, -0.05) is 6.92 Å². The van der Waals surface area contributed by atoms with E-state index in [9.17, 15) is 4.79 Å². The van der Waals surface area contributed by atoms with Gasteiger partial charge in [0.05, 0.1) is 0 Å². The fourth-order valence-electron chi connectivity index (χ4n) is 2.21. The molecule has 3 unspecified atom stereocenters. The number of amides is 1. The first kappa shape index (κ1) is 15.4. The lowest BCUT2D eigenvalue weighted by atomic mass is 10.0. The van der Waals surface area contributed by atoms with E-state index in [1.54, 1.807) is 0 Å². The molecule has 0 radical (unpaired) electrons. The molecule has 0 aromatic carbocycles. The van der Waals surface area contributed by atoms with Gasteiger partial charge in [0.15, 0.2) is 0 Å². The number of hydrogen-bond acceptors (Lipinski definition) is 4. The van der Waals surface area contributed by atoms with Gasteiger partial charge in [-0.3, -0.25) is 4.79 Å². The quantitative estimate of drug-likeness (QED) is 0.597. The van der Waals surface area contributed by atoms with Gasteiger partial charge in [0, 0.05) is 44.7 Å². The van der Waals surface area contributed by atoms with Gasteiger partial charge in [-0.25, -0.2) is 0 Å². The van der Waals surface area contributed by atoms with E-state index >= 15 is 0 Å². The summed E-state index contributed by atoms with van der Waals surface area (Å²) in [5.41, 5.74) is 5.71. The summed E-state index contributed by atoms with van der Waals surface area (Å²) in [4.78, 5) is 13.9. The van der Waals surface area contributed by atoms with Crippen LogP contribution in [-0.4, -0.2) is 54.2 Å². The summed E-state index contributed by atoms with van der Waals surface area (Å²) in [6.07, 6.45) is 2.69. The number of aliphatic hydroxyl groups excluding tert-OH is 1. The van der Waals surface area contributed by atoms with Crippen molar-refractivity contribution in [1.82, 2.24) is 10.2 Å². The largest absolute Gasteiger partial charge is 0.396 e. The molecule has 5 nitrogen and oxygen atoms in total. The number of carbonyl (C=O) groups is 1. The van der Waals surface area contributed by atoms with Gasteiger partial charge in [-0.2, -0.15) is 0 Å². The Labute approximate surface area is 110 Å². The lowest BCUT2D eigenvalue weighted by Gasteiger charge is -2.26. The lowest BCUT2D eigenvalue weighted by Crippen LogP contribution is -2.47. The van der Waals surface area contributed by atoms with Crippen LogP contribution < -0.4 is 11.1 Å². The number of likely N-dealkylation sites (tertiary alicyclic amines) is 1. The van der Waals surface area contributed by atoms with Gasteiger partial charge >= 0.3 is 0 Å². The predicted octanol–water partition coefficient (Wildman–Crippen LogP) is -0.0673. The molecule has 1 aliphatic rings. The number of nitrogens with two attached hydrogens (primary N) is 1. The zero-order valence-corrected chi connectivity index (χ0v) is 11.6. The topological polar surface area (TPSA) is 78.6 Å². The Morgan fingerprint density at radius 2 is 2.00 bits per heavy atom. The second-order valence-electron chi connectivity index (χ2n) is 5.34. The SMILES string of the molecule is CC(CO)C(C)NC(CN)CC(=O)N1CCCC1. The van der Waals surface area contributed by atoms with Crippen LogP contribution in [0, 0.1) is 5.92 Å². The van der Waals surface area contributed by atoms with Crippen LogP contribution in [0.15, 0.2) is 0 Å². The van der Waals surface area contributed by atoms with Crippen LogP contribution in [0.25, 0.3) is 0 Å². The van der Waals surface area contributed by atoms with Crippen molar-refractivity contribution < 1.29 is 9.90 Å². The molecule has 1 saturated heterocycles. The first-order chi connectivity index (χ1) is 8.58. The summed E-state index contributed by atoms with van der Waals surface area (Å²) in [6.45, 7) is 6.36. The molecule has 4 N–H and O–H groups in total. The standard InChI is InChI=1S/C13H27N3O2/c1-10(9-17)11(2)15-12(8-14)7-13(18)16-5-3-4-6-16/h10-12,15,17H,3-9,14H2,1-2H3. The average Bonchev–Trinajstić information content (AvgIpc) is 2.90. The van der Waals surface area contributed by atoms with Gasteiger partial charge in [0.25, 0.3) is 0 Å². The van der Waals surface area contributed by atoms with Crippen LogP contribution in [0.5, 0.6) is 0 Å². The van der Waals surface area contributed by atoms with Gasteiger partial charge < -0.3 is 21.1 Å². The van der Waals surface area contributed by atoms with Crippen molar-refractivity contribution in [3.8, 4) is 0 Å². The number of nitrogens with zero attached hydrogens (tertiary/aromatic N) is 1. The number of hydrogen-bond donors (Lipinski definition) is 3. The molecular formula is C13H27N3O2. The average molecular weight is 257 g/mol. The molecule has 18 heavy (non-hydrogen) atoms. The summed E-state index contributed by atoms with van der Waals surface area (Å²) < 4.78 is 0.